The van der Waals surface area contributed by atoms with Gasteiger partial charge in [-0.1, -0.05) is 42.5 Å². The number of nitrogens with zero attached hydrogens (tertiary/aromatic N) is 1. The standard InChI is InChI=1S/C24H23N3O6/c1-14-6-5-7-15(2)22(14)26-24(33)25-19-11-17-9-4-3-8-16(17)10-18(19)23(32)27(12-20(28)29)13-21(30)31/h3-11H,12-13H2,1-2H3,(H,28,29)(H,30,31)(H2,25,26,33). The highest BCUT2D eigenvalue weighted by Gasteiger charge is 2.24. The number of urea groups is 1. The summed E-state index contributed by atoms with van der Waals surface area (Å²) in [6.45, 7) is 2.10. The van der Waals surface area contributed by atoms with Crippen molar-refractivity contribution in [1.82, 2.24) is 4.90 Å². The number of fused-ring (bicyclic) bond motifs is 1. The van der Waals surface area contributed by atoms with E-state index in [1.54, 1.807) is 30.3 Å². The zero-order chi connectivity index (χ0) is 24.1. The van der Waals surface area contributed by atoms with Gasteiger partial charge in [0, 0.05) is 5.69 Å². The molecule has 0 heterocycles. The summed E-state index contributed by atoms with van der Waals surface area (Å²) in [5.41, 5.74) is 2.45. The van der Waals surface area contributed by atoms with Crippen LogP contribution in [0, 0.1) is 13.8 Å². The first kappa shape index (κ1) is 23.3. The van der Waals surface area contributed by atoms with Gasteiger partial charge in [0.25, 0.3) is 5.91 Å². The number of aliphatic carboxylic acids is 2. The Hall–Kier alpha value is -4.40. The number of hydrogen-bond donors (Lipinski definition) is 4. The molecule has 0 spiro atoms. The number of amides is 3. The molecule has 0 radical (unpaired) electrons. The minimum Gasteiger partial charge on any atom is -0.480 e. The van der Waals surface area contributed by atoms with Crippen LogP contribution >= 0.6 is 0 Å². The van der Waals surface area contributed by atoms with Crippen LogP contribution in [0.2, 0.25) is 0 Å². The molecule has 0 unspecified atom stereocenters. The third-order valence-corrected chi connectivity index (χ3v) is 5.02. The summed E-state index contributed by atoms with van der Waals surface area (Å²) in [6.07, 6.45) is 0. The molecule has 0 fully saturated rings. The predicted molar refractivity (Wildman–Crippen MR) is 124 cm³/mol. The van der Waals surface area contributed by atoms with Crippen molar-refractivity contribution in [2.24, 2.45) is 0 Å². The van der Waals surface area contributed by atoms with Crippen LogP contribution in [-0.4, -0.2) is 52.1 Å². The van der Waals surface area contributed by atoms with Crippen molar-refractivity contribution >= 4 is 46.0 Å². The summed E-state index contributed by atoms with van der Waals surface area (Å²) < 4.78 is 0. The summed E-state index contributed by atoms with van der Waals surface area (Å²) in [5, 5.41) is 25.1. The van der Waals surface area contributed by atoms with Crippen molar-refractivity contribution in [2.45, 2.75) is 13.8 Å². The van der Waals surface area contributed by atoms with E-state index in [0.717, 1.165) is 16.5 Å². The number of carboxylic acid groups (broad SMARTS) is 2. The Morgan fingerprint density at radius 3 is 1.88 bits per heavy atom. The van der Waals surface area contributed by atoms with Crippen LogP contribution in [-0.2, 0) is 9.59 Å². The molecule has 0 saturated carbocycles. The number of aryl methyl sites for hydroxylation is 2. The van der Waals surface area contributed by atoms with Crippen molar-refractivity contribution < 1.29 is 29.4 Å². The van der Waals surface area contributed by atoms with Gasteiger partial charge in [0.1, 0.15) is 13.1 Å². The van der Waals surface area contributed by atoms with Crippen LogP contribution in [0.1, 0.15) is 21.5 Å². The third-order valence-electron chi connectivity index (χ3n) is 5.02. The van der Waals surface area contributed by atoms with E-state index in [0.29, 0.717) is 16.0 Å². The van der Waals surface area contributed by atoms with Crippen LogP contribution < -0.4 is 10.6 Å². The van der Waals surface area contributed by atoms with E-state index in [1.807, 2.05) is 32.0 Å². The van der Waals surface area contributed by atoms with E-state index in [-0.39, 0.29) is 11.3 Å². The van der Waals surface area contributed by atoms with Gasteiger partial charge < -0.3 is 25.7 Å². The molecule has 4 N–H and O–H groups in total. The predicted octanol–water partition coefficient (Wildman–Crippen LogP) is 3.71. The summed E-state index contributed by atoms with van der Waals surface area (Å²) in [4.78, 5) is 49.0. The molecular weight excluding hydrogens is 426 g/mol. The SMILES string of the molecule is Cc1cccc(C)c1NC(=O)Nc1cc2ccccc2cc1C(=O)N(CC(=O)O)CC(=O)O. The number of carbonyl (C=O) groups is 4. The summed E-state index contributed by atoms with van der Waals surface area (Å²) in [7, 11) is 0. The maximum Gasteiger partial charge on any atom is 0.323 e. The Kier molecular flexibility index (Phi) is 6.92. The zero-order valence-corrected chi connectivity index (χ0v) is 18.1. The van der Waals surface area contributed by atoms with Crippen molar-refractivity contribution in [3.05, 3.63) is 71.3 Å². The van der Waals surface area contributed by atoms with E-state index >= 15 is 0 Å². The lowest BCUT2D eigenvalue weighted by molar-refractivity contribution is -0.140. The highest BCUT2D eigenvalue weighted by Crippen LogP contribution is 2.26. The number of carbonyl (C=O) groups excluding carboxylic acids is 2. The molecule has 0 aliphatic heterocycles. The summed E-state index contributed by atoms with van der Waals surface area (Å²) in [5.74, 6) is -3.53. The molecule has 3 aromatic rings. The van der Waals surface area contributed by atoms with E-state index in [2.05, 4.69) is 10.6 Å². The molecule has 0 bridgehead atoms. The molecule has 33 heavy (non-hydrogen) atoms. The van der Waals surface area contributed by atoms with Gasteiger partial charge in [0.15, 0.2) is 0 Å². The Labute approximate surface area is 189 Å². The smallest absolute Gasteiger partial charge is 0.323 e. The monoisotopic (exact) mass is 449 g/mol. The number of nitrogens with one attached hydrogen (secondary N) is 2. The van der Waals surface area contributed by atoms with Gasteiger partial charge >= 0.3 is 18.0 Å². The number of para-hydroxylation sites is 1. The fourth-order valence-electron chi connectivity index (χ4n) is 3.50. The van der Waals surface area contributed by atoms with Crippen molar-refractivity contribution in [3.8, 4) is 0 Å². The highest BCUT2D eigenvalue weighted by molar-refractivity contribution is 6.10. The van der Waals surface area contributed by atoms with Gasteiger partial charge in [-0.3, -0.25) is 14.4 Å². The average Bonchev–Trinajstić information content (AvgIpc) is 2.74. The van der Waals surface area contributed by atoms with E-state index in [9.17, 15) is 19.2 Å². The number of benzene rings is 3. The fraction of sp³-hybridized carbons (Fsp3) is 0.167. The van der Waals surface area contributed by atoms with Crippen LogP contribution in [0.15, 0.2) is 54.6 Å². The molecule has 9 nitrogen and oxygen atoms in total. The number of anilines is 2. The molecule has 170 valence electrons. The molecule has 0 atom stereocenters. The molecule has 3 amide bonds. The molecule has 0 aromatic heterocycles. The van der Waals surface area contributed by atoms with Gasteiger partial charge in [-0.25, -0.2) is 4.79 Å². The molecule has 9 heteroatoms. The zero-order valence-electron chi connectivity index (χ0n) is 18.1. The Bertz CT molecular complexity index is 1220. The topological polar surface area (TPSA) is 136 Å². The van der Waals surface area contributed by atoms with Gasteiger partial charge in [0.2, 0.25) is 0 Å². The van der Waals surface area contributed by atoms with E-state index in [4.69, 9.17) is 10.2 Å². The van der Waals surface area contributed by atoms with Crippen molar-refractivity contribution in [3.63, 3.8) is 0 Å². The summed E-state index contributed by atoms with van der Waals surface area (Å²) in [6, 6.07) is 15.2. The molecule has 0 aliphatic carbocycles. The second-order valence-corrected chi connectivity index (χ2v) is 7.54. The number of hydrogen-bond acceptors (Lipinski definition) is 4. The molecule has 0 saturated heterocycles. The lowest BCUT2D eigenvalue weighted by Gasteiger charge is -2.21. The van der Waals surface area contributed by atoms with E-state index < -0.39 is 37.0 Å². The van der Waals surface area contributed by atoms with Crippen LogP contribution in [0.5, 0.6) is 0 Å². The first-order valence-electron chi connectivity index (χ1n) is 10.1. The third kappa shape index (κ3) is 5.65. The highest BCUT2D eigenvalue weighted by atomic mass is 16.4. The Morgan fingerprint density at radius 2 is 1.33 bits per heavy atom. The number of carboxylic acids is 2. The van der Waals surface area contributed by atoms with Crippen LogP contribution in [0.4, 0.5) is 16.2 Å². The van der Waals surface area contributed by atoms with Crippen molar-refractivity contribution in [1.29, 1.82) is 0 Å². The Morgan fingerprint density at radius 1 is 0.788 bits per heavy atom. The maximum atomic E-state index is 13.2. The Balaban J connectivity index is 2.00. The maximum absolute atomic E-state index is 13.2. The average molecular weight is 449 g/mol. The normalized spacial score (nSPS) is 10.5. The van der Waals surface area contributed by atoms with Gasteiger partial charge in [-0.2, -0.15) is 0 Å². The lowest BCUT2D eigenvalue weighted by atomic mass is 10.0. The second-order valence-electron chi connectivity index (χ2n) is 7.54. The molecule has 3 rings (SSSR count). The second kappa shape index (κ2) is 9.82. The first-order chi connectivity index (χ1) is 15.7. The van der Waals surface area contributed by atoms with Gasteiger partial charge in [-0.15, -0.1) is 0 Å². The fourth-order valence-corrected chi connectivity index (χ4v) is 3.50. The molecule has 0 aliphatic rings. The molecular formula is C24H23N3O6. The van der Waals surface area contributed by atoms with Gasteiger partial charge in [0.05, 0.1) is 11.3 Å². The molecule has 3 aromatic carbocycles. The van der Waals surface area contributed by atoms with E-state index in [1.165, 1.54) is 6.07 Å². The largest absolute Gasteiger partial charge is 0.480 e. The quantitative estimate of drug-likeness (QED) is 0.434. The van der Waals surface area contributed by atoms with Crippen LogP contribution in [0.3, 0.4) is 0 Å². The van der Waals surface area contributed by atoms with Crippen molar-refractivity contribution in [2.75, 3.05) is 23.7 Å². The van der Waals surface area contributed by atoms with Crippen LogP contribution in [0.25, 0.3) is 10.8 Å². The lowest BCUT2D eigenvalue weighted by Crippen LogP contribution is -2.39. The minimum absolute atomic E-state index is 0.0205. The van der Waals surface area contributed by atoms with Gasteiger partial charge in [-0.05, 0) is 47.9 Å². The first-order valence-corrected chi connectivity index (χ1v) is 10.1. The summed E-state index contributed by atoms with van der Waals surface area (Å²) >= 11 is 0. The number of rotatable bonds is 7. The minimum atomic E-state index is -1.35.